The molecule has 1 heterocycles. The third-order valence-corrected chi connectivity index (χ3v) is 3.23. The van der Waals surface area contributed by atoms with E-state index in [1.165, 1.54) is 12.8 Å². The normalized spacial score (nSPS) is 12.3. The Kier molecular flexibility index (Phi) is 7.26. The molecule has 1 unspecified atom stereocenters. The second kappa shape index (κ2) is 8.81. The summed E-state index contributed by atoms with van der Waals surface area (Å²) in [6.07, 6.45) is 9.03. The molecule has 0 bridgehead atoms. The molecule has 0 radical (unpaired) electrons. The van der Waals surface area contributed by atoms with Crippen molar-refractivity contribution in [3.63, 3.8) is 0 Å². The number of Topliss-reactive ketones (excluding diaryl/α,β-unsaturated/α-hetero) is 1. The van der Waals surface area contributed by atoms with Gasteiger partial charge in [-0.15, -0.1) is 0 Å². The van der Waals surface area contributed by atoms with E-state index in [0.29, 0.717) is 24.5 Å². The van der Waals surface area contributed by atoms with Crippen molar-refractivity contribution in [3.8, 4) is 0 Å². The number of rotatable bonds is 9. The number of ketones is 1. The smallest absolute Gasteiger partial charge is 0.137 e. The van der Waals surface area contributed by atoms with E-state index in [2.05, 4.69) is 11.9 Å². The molecule has 1 atom stereocenters. The van der Waals surface area contributed by atoms with Crippen molar-refractivity contribution in [2.75, 3.05) is 6.54 Å². The number of hydrogen-bond donors (Lipinski definition) is 1. The highest BCUT2D eigenvalue weighted by atomic mass is 16.1. The van der Waals surface area contributed by atoms with E-state index < -0.39 is 0 Å². The number of hydrogen-bond acceptors (Lipinski definition) is 3. The van der Waals surface area contributed by atoms with E-state index in [1.807, 2.05) is 12.1 Å². The van der Waals surface area contributed by atoms with Crippen molar-refractivity contribution >= 4 is 5.78 Å². The molecule has 3 heteroatoms. The van der Waals surface area contributed by atoms with E-state index in [0.717, 1.165) is 24.9 Å². The first-order chi connectivity index (χ1) is 8.76. The van der Waals surface area contributed by atoms with Gasteiger partial charge in [0, 0.05) is 25.2 Å². The van der Waals surface area contributed by atoms with Gasteiger partial charge in [-0.1, -0.05) is 25.8 Å². The van der Waals surface area contributed by atoms with Crippen LogP contribution in [0.2, 0.25) is 0 Å². The van der Waals surface area contributed by atoms with Crippen LogP contribution in [0.5, 0.6) is 0 Å². The molecule has 1 aromatic rings. The summed E-state index contributed by atoms with van der Waals surface area (Å²) < 4.78 is 0. The Bertz CT molecular complexity index is 332. The molecule has 2 N–H and O–H groups in total. The van der Waals surface area contributed by atoms with Crippen molar-refractivity contribution in [1.82, 2.24) is 4.98 Å². The Labute approximate surface area is 110 Å². The highest BCUT2D eigenvalue weighted by molar-refractivity contribution is 5.80. The number of nitrogens with two attached hydrogens (primary N) is 1. The van der Waals surface area contributed by atoms with Crippen molar-refractivity contribution in [2.45, 2.75) is 45.4 Å². The lowest BCUT2D eigenvalue weighted by Gasteiger charge is -2.14. The number of pyridine rings is 1. The fourth-order valence-electron chi connectivity index (χ4n) is 2.26. The lowest BCUT2D eigenvalue weighted by atomic mass is 9.92. The minimum Gasteiger partial charge on any atom is -0.330 e. The van der Waals surface area contributed by atoms with Gasteiger partial charge < -0.3 is 5.73 Å². The quantitative estimate of drug-likeness (QED) is 0.731. The van der Waals surface area contributed by atoms with Crippen molar-refractivity contribution in [2.24, 2.45) is 11.7 Å². The summed E-state index contributed by atoms with van der Waals surface area (Å²) in [5.74, 6) is 0.916. The number of carbonyl (C=O) groups is 1. The topological polar surface area (TPSA) is 56.0 Å². The minimum atomic E-state index is 0.307. The summed E-state index contributed by atoms with van der Waals surface area (Å²) in [4.78, 5) is 15.9. The van der Waals surface area contributed by atoms with E-state index in [4.69, 9.17) is 5.73 Å². The van der Waals surface area contributed by atoms with E-state index in [9.17, 15) is 4.79 Å². The largest absolute Gasteiger partial charge is 0.330 e. The molecule has 100 valence electrons. The fraction of sp³-hybridized carbons (Fsp3) is 0.600. The molecule has 0 fully saturated rings. The van der Waals surface area contributed by atoms with Gasteiger partial charge in [0.1, 0.15) is 5.78 Å². The van der Waals surface area contributed by atoms with Gasteiger partial charge in [0.25, 0.3) is 0 Å². The second-order valence-electron chi connectivity index (χ2n) is 4.85. The average molecular weight is 248 g/mol. The highest BCUT2D eigenvalue weighted by Gasteiger charge is 2.10. The first-order valence-corrected chi connectivity index (χ1v) is 6.87. The standard InChI is InChI=1S/C15H24N2O/c1-2-4-13(8-9-16)6-7-15(18)11-14-5-3-10-17-12-14/h3,5,10,12-13H,2,4,6-9,11,16H2,1H3. The molecule has 0 spiro atoms. The molecule has 0 saturated heterocycles. The van der Waals surface area contributed by atoms with Gasteiger partial charge in [0.05, 0.1) is 0 Å². The van der Waals surface area contributed by atoms with Gasteiger partial charge in [-0.05, 0) is 36.9 Å². The predicted octanol–water partition coefficient (Wildman–Crippen LogP) is 2.74. The summed E-state index contributed by atoms with van der Waals surface area (Å²) in [5.41, 5.74) is 6.60. The summed E-state index contributed by atoms with van der Waals surface area (Å²) in [7, 11) is 0. The SMILES string of the molecule is CCCC(CCN)CCC(=O)Cc1cccnc1. The van der Waals surface area contributed by atoms with Crippen LogP contribution in [-0.4, -0.2) is 17.3 Å². The Balaban J connectivity index is 2.31. The molecule has 0 amide bonds. The monoisotopic (exact) mass is 248 g/mol. The van der Waals surface area contributed by atoms with E-state index in [1.54, 1.807) is 12.4 Å². The van der Waals surface area contributed by atoms with Crippen molar-refractivity contribution in [1.29, 1.82) is 0 Å². The van der Waals surface area contributed by atoms with Crippen LogP contribution >= 0.6 is 0 Å². The lowest BCUT2D eigenvalue weighted by Crippen LogP contribution is -2.11. The van der Waals surface area contributed by atoms with E-state index in [-0.39, 0.29) is 0 Å². The van der Waals surface area contributed by atoms with E-state index >= 15 is 0 Å². The van der Waals surface area contributed by atoms with Gasteiger partial charge in [0.2, 0.25) is 0 Å². The molecular weight excluding hydrogens is 224 g/mol. The molecule has 3 nitrogen and oxygen atoms in total. The first-order valence-electron chi connectivity index (χ1n) is 6.87. The maximum absolute atomic E-state index is 11.9. The zero-order valence-electron chi connectivity index (χ0n) is 11.3. The molecule has 0 aliphatic heterocycles. The molecule has 1 rings (SSSR count). The number of nitrogens with zero attached hydrogens (tertiary/aromatic N) is 1. The average Bonchev–Trinajstić information content (AvgIpc) is 2.38. The molecule has 18 heavy (non-hydrogen) atoms. The lowest BCUT2D eigenvalue weighted by molar-refractivity contribution is -0.118. The molecule has 0 aliphatic carbocycles. The fourth-order valence-corrected chi connectivity index (χ4v) is 2.26. The van der Waals surface area contributed by atoms with Gasteiger partial charge in [-0.25, -0.2) is 0 Å². The summed E-state index contributed by atoms with van der Waals surface area (Å²) in [5, 5.41) is 0. The molecule has 0 aromatic carbocycles. The van der Waals surface area contributed by atoms with Crippen molar-refractivity contribution < 1.29 is 4.79 Å². The molecule has 0 aliphatic rings. The van der Waals surface area contributed by atoms with Gasteiger partial charge >= 0.3 is 0 Å². The van der Waals surface area contributed by atoms with Crippen LogP contribution in [0.4, 0.5) is 0 Å². The zero-order chi connectivity index (χ0) is 13.2. The number of carbonyl (C=O) groups excluding carboxylic acids is 1. The molecular formula is C15H24N2O. The summed E-state index contributed by atoms with van der Waals surface area (Å²) >= 11 is 0. The first kappa shape index (κ1) is 14.8. The van der Waals surface area contributed by atoms with Crippen LogP contribution in [-0.2, 0) is 11.2 Å². The van der Waals surface area contributed by atoms with Crippen LogP contribution in [0.25, 0.3) is 0 Å². The van der Waals surface area contributed by atoms with Crippen LogP contribution < -0.4 is 5.73 Å². The predicted molar refractivity (Wildman–Crippen MR) is 74.3 cm³/mol. The molecule has 0 saturated carbocycles. The third kappa shape index (κ3) is 5.92. The van der Waals surface area contributed by atoms with Gasteiger partial charge in [-0.2, -0.15) is 0 Å². The van der Waals surface area contributed by atoms with Gasteiger partial charge in [0.15, 0.2) is 0 Å². The van der Waals surface area contributed by atoms with Crippen LogP contribution in [0.1, 0.15) is 44.6 Å². The van der Waals surface area contributed by atoms with Crippen molar-refractivity contribution in [3.05, 3.63) is 30.1 Å². The summed E-state index contributed by atoms with van der Waals surface area (Å²) in [6, 6.07) is 3.82. The maximum Gasteiger partial charge on any atom is 0.137 e. The Hall–Kier alpha value is -1.22. The number of aromatic nitrogens is 1. The maximum atomic E-state index is 11.9. The molecule has 1 aromatic heterocycles. The summed E-state index contributed by atoms with van der Waals surface area (Å²) in [6.45, 7) is 2.91. The Morgan fingerprint density at radius 1 is 1.39 bits per heavy atom. The van der Waals surface area contributed by atoms with Crippen LogP contribution in [0.3, 0.4) is 0 Å². The third-order valence-electron chi connectivity index (χ3n) is 3.23. The van der Waals surface area contributed by atoms with Crippen LogP contribution in [0, 0.1) is 5.92 Å². The Morgan fingerprint density at radius 2 is 2.22 bits per heavy atom. The zero-order valence-corrected chi connectivity index (χ0v) is 11.3. The van der Waals surface area contributed by atoms with Gasteiger partial charge in [-0.3, -0.25) is 9.78 Å². The minimum absolute atomic E-state index is 0.307. The van der Waals surface area contributed by atoms with Crippen LogP contribution in [0.15, 0.2) is 24.5 Å². The second-order valence-corrected chi connectivity index (χ2v) is 4.85. The Morgan fingerprint density at radius 3 is 2.83 bits per heavy atom. The highest BCUT2D eigenvalue weighted by Crippen LogP contribution is 2.17.